The summed E-state index contributed by atoms with van der Waals surface area (Å²) >= 11 is 9.84. The average molecular weight is 419 g/mol. The van der Waals surface area contributed by atoms with Gasteiger partial charge >= 0.3 is 0 Å². The van der Waals surface area contributed by atoms with E-state index in [2.05, 4.69) is 39.2 Å². The van der Waals surface area contributed by atoms with E-state index in [4.69, 9.17) is 16.6 Å². The number of amidine groups is 1. The molecule has 0 fully saturated rings. The van der Waals surface area contributed by atoms with Gasteiger partial charge in [-0.3, -0.25) is 4.99 Å². The number of aliphatic imine (C=N–C) groups is 2. The summed E-state index contributed by atoms with van der Waals surface area (Å²) in [6.45, 7) is 7.90. The first-order chi connectivity index (χ1) is 11.9. The third-order valence-electron chi connectivity index (χ3n) is 3.64. The predicted molar refractivity (Wildman–Crippen MR) is 114 cm³/mol. The lowest BCUT2D eigenvalue weighted by Gasteiger charge is -2.14. The Morgan fingerprint density at radius 1 is 1.16 bits per heavy atom. The second kappa shape index (κ2) is 8.97. The van der Waals surface area contributed by atoms with Crippen molar-refractivity contribution >= 4 is 51.0 Å². The molecule has 25 heavy (non-hydrogen) atoms. The fourth-order valence-electron chi connectivity index (χ4n) is 2.23. The highest BCUT2D eigenvalue weighted by molar-refractivity contribution is 9.10. The van der Waals surface area contributed by atoms with E-state index in [1.54, 1.807) is 12.4 Å². The summed E-state index contributed by atoms with van der Waals surface area (Å²) in [7, 11) is 0. The highest BCUT2D eigenvalue weighted by Crippen LogP contribution is 2.30. The molecule has 2 rings (SSSR count). The number of para-hydroxylation sites is 1. The van der Waals surface area contributed by atoms with Crippen LogP contribution in [-0.4, -0.2) is 12.1 Å². The quantitative estimate of drug-likeness (QED) is 0.427. The van der Waals surface area contributed by atoms with Gasteiger partial charge in [0.25, 0.3) is 0 Å². The first-order valence-electron chi connectivity index (χ1n) is 7.94. The third-order valence-corrected chi connectivity index (χ3v) is 4.44. The van der Waals surface area contributed by atoms with E-state index in [0.717, 1.165) is 32.5 Å². The molecule has 0 heterocycles. The first-order valence-corrected chi connectivity index (χ1v) is 9.11. The van der Waals surface area contributed by atoms with Gasteiger partial charge in [0.15, 0.2) is 0 Å². The molecule has 0 amide bonds. The molecule has 0 bridgehead atoms. The van der Waals surface area contributed by atoms with Crippen LogP contribution in [0.1, 0.15) is 25.0 Å². The number of aryl methyl sites for hydroxylation is 2. The fourth-order valence-corrected chi connectivity index (χ4v) is 2.97. The molecule has 1 N–H and O–H groups in total. The molecule has 0 saturated carbocycles. The fraction of sp³-hybridized carbons (Fsp3) is 0.200. The van der Waals surface area contributed by atoms with Crippen LogP contribution >= 0.6 is 27.5 Å². The maximum absolute atomic E-state index is 6.35. The molecule has 0 aliphatic carbocycles. The van der Waals surface area contributed by atoms with E-state index >= 15 is 0 Å². The van der Waals surface area contributed by atoms with Gasteiger partial charge in [0, 0.05) is 28.1 Å². The molecule has 2 aromatic rings. The summed E-state index contributed by atoms with van der Waals surface area (Å²) in [6.07, 6.45) is 3.53. The first kappa shape index (κ1) is 19.4. The van der Waals surface area contributed by atoms with E-state index in [-0.39, 0.29) is 0 Å². The van der Waals surface area contributed by atoms with E-state index in [1.807, 2.05) is 51.1 Å². The Morgan fingerprint density at radius 2 is 1.92 bits per heavy atom. The highest BCUT2D eigenvalue weighted by atomic mass is 79.9. The number of rotatable bonds is 4. The zero-order chi connectivity index (χ0) is 18.4. The van der Waals surface area contributed by atoms with Gasteiger partial charge in [-0.15, -0.1) is 0 Å². The number of nitrogens with one attached hydrogen (secondary N) is 1. The second-order valence-corrected chi connectivity index (χ2v) is 6.99. The zero-order valence-corrected chi connectivity index (χ0v) is 17.1. The summed E-state index contributed by atoms with van der Waals surface area (Å²) in [5, 5.41) is 4.04. The van der Waals surface area contributed by atoms with Gasteiger partial charge in [0.05, 0.1) is 10.7 Å². The van der Waals surface area contributed by atoms with Gasteiger partial charge in [0.1, 0.15) is 5.84 Å². The van der Waals surface area contributed by atoms with Crippen LogP contribution in [0.3, 0.4) is 0 Å². The Labute approximate surface area is 162 Å². The molecule has 2 aromatic carbocycles. The van der Waals surface area contributed by atoms with Crippen molar-refractivity contribution in [2.24, 2.45) is 9.98 Å². The Morgan fingerprint density at radius 3 is 2.56 bits per heavy atom. The summed E-state index contributed by atoms with van der Waals surface area (Å²) in [5.74, 6) is 0.715. The van der Waals surface area contributed by atoms with Gasteiger partial charge in [-0.25, -0.2) is 4.99 Å². The van der Waals surface area contributed by atoms with Gasteiger partial charge in [-0.05, 0) is 63.1 Å². The molecule has 0 aliphatic heterocycles. The minimum absolute atomic E-state index is 0.624. The van der Waals surface area contributed by atoms with Crippen LogP contribution in [0.15, 0.2) is 62.6 Å². The molecule has 3 nitrogen and oxygen atoms in total. The molecular weight excluding hydrogens is 398 g/mol. The lowest BCUT2D eigenvalue weighted by Crippen LogP contribution is -2.14. The molecule has 0 aliphatic rings. The lowest BCUT2D eigenvalue weighted by atomic mass is 10.1. The molecule has 0 spiro atoms. The Balaban J connectivity index is 2.52. The maximum atomic E-state index is 6.35. The van der Waals surface area contributed by atoms with Gasteiger partial charge in [-0.2, -0.15) is 0 Å². The van der Waals surface area contributed by atoms with Gasteiger partial charge < -0.3 is 5.32 Å². The number of benzene rings is 2. The minimum atomic E-state index is 0.624. The topological polar surface area (TPSA) is 36.8 Å². The van der Waals surface area contributed by atoms with Gasteiger partial charge in [-0.1, -0.05) is 39.7 Å². The number of halogens is 2. The number of anilines is 1. The molecule has 0 unspecified atom stereocenters. The number of hydrogen-bond donors (Lipinski definition) is 1. The molecule has 130 valence electrons. The Hall–Kier alpha value is -1.91. The summed E-state index contributed by atoms with van der Waals surface area (Å²) in [5.41, 5.74) is 4.80. The van der Waals surface area contributed by atoms with Crippen molar-refractivity contribution in [2.45, 2.75) is 27.7 Å². The molecule has 0 aromatic heterocycles. The predicted octanol–water partition coefficient (Wildman–Crippen LogP) is 6.86. The standard InChI is InChI=1S/C20H21BrClN3/c1-5-23-12-15(4)20(24-18-10-9-16(21)11-14(18)3)25-19-13(2)7-6-8-17(19)22/h5-12H,1-4H3,(H,24,25)/b15-12+,23-5?. The van der Waals surface area contributed by atoms with Gasteiger partial charge in [0.2, 0.25) is 0 Å². The average Bonchev–Trinajstić information content (AvgIpc) is 2.57. The van der Waals surface area contributed by atoms with Crippen molar-refractivity contribution in [3.05, 3.63) is 68.8 Å². The molecule has 5 heteroatoms. The summed E-state index contributed by atoms with van der Waals surface area (Å²) in [4.78, 5) is 9.00. The third kappa shape index (κ3) is 5.28. The summed E-state index contributed by atoms with van der Waals surface area (Å²) in [6, 6.07) is 11.8. The number of hydrogen-bond acceptors (Lipinski definition) is 2. The zero-order valence-electron chi connectivity index (χ0n) is 14.8. The van der Waals surface area contributed by atoms with Crippen LogP contribution in [0.2, 0.25) is 5.02 Å². The van der Waals surface area contributed by atoms with Crippen LogP contribution in [0.4, 0.5) is 11.4 Å². The van der Waals surface area contributed by atoms with Crippen LogP contribution in [0.25, 0.3) is 0 Å². The second-order valence-electron chi connectivity index (χ2n) is 5.67. The van der Waals surface area contributed by atoms with E-state index in [1.165, 1.54) is 0 Å². The van der Waals surface area contributed by atoms with Crippen molar-refractivity contribution in [1.82, 2.24) is 0 Å². The normalized spacial score (nSPS) is 12.7. The van der Waals surface area contributed by atoms with E-state index in [0.29, 0.717) is 10.9 Å². The van der Waals surface area contributed by atoms with Crippen LogP contribution in [0, 0.1) is 13.8 Å². The van der Waals surface area contributed by atoms with Crippen molar-refractivity contribution in [3.8, 4) is 0 Å². The van der Waals surface area contributed by atoms with E-state index in [9.17, 15) is 0 Å². The Bertz CT molecular complexity index is 834. The Kier molecular flexibility index (Phi) is 6.97. The van der Waals surface area contributed by atoms with Crippen LogP contribution < -0.4 is 5.32 Å². The van der Waals surface area contributed by atoms with Crippen LogP contribution in [0.5, 0.6) is 0 Å². The number of nitrogens with zero attached hydrogens (tertiary/aromatic N) is 2. The van der Waals surface area contributed by atoms with E-state index < -0.39 is 0 Å². The molecule has 0 atom stereocenters. The van der Waals surface area contributed by atoms with Crippen LogP contribution in [-0.2, 0) is 0 Å². The summed E-state index contributed by atoms with van der Waals surface area (Å²) < 4.78 is 1.04. The minimum Gasteiger partial charge on any atom is -0.340 e. The lowest BCUT2D eigenvalue weighted by molar-refractivity contribution is 1.35. The highest BCUT2D eigenvalue weighted by Gasteiger charge is 2.09. The molecular formula is C20H21BrClN3. The largest absolute Gasteiger partial charge is 0.340 e. The van der Waals surface area contributed by atoms with Crippen molar-refractivity contribution < 1.29 is 0 Å². The molecule has 0 saturated heterocycles. The monoisotopic (exact) mass is 417 g/mol. The smallest absolute Gasteiger partial charge is 0.135 e. The SMILES string of the molecule is CC=N/C=C(\C)C(=Nc1c(C)cccc1Cl)Nc1ccc(Br)cc1C. The van der Waals surface area contributed by atoms with Crippen molar-refractivity contribution in [1.29, 1.82) is 0 Å². The maximum Gasteiger partial charge on any atom is 0.135 e. The van der Waals surface area contributed by atoms with Crippen molar-refractivity contribution in [3.63, 3.8) is 0 Å². The molecule has 0 radical (unpaired) electrons. The van der Waals surface area contributed by atoms with Crippen molar-refractivity contribution in [2.75, 3.05) is 5.32 Å².